The SMILES string of the molecule is Fc1ccccc1CCN1CCCN2CCCC2C1. The number of benzene rings is 1. The maximum absolute atomic E-state index is 13.6. The molecule has 2 saturated heterocycles. The van der Waals surface area contributed by atoms with E-state index in [2.05, 4.69) is 9.80 Å². The van der Waals surface area contributed by atoms with Gasteiger partial charge in [0, 0.05) is 19.1 Å². The lowest BCUT2D eigenvalue weighted by Gasteiger charge is -2.25. The average Bonchev–Trinajstić information content (AvgIpc) is 2.76. The lowest BCUT2D eigenvalue weighted by Crippen LogP contribution is -2.37. The highest BCUT2D eigenvalue weighted by atomic mass is 19.1. The fourth-order valence-electron chi connectivity index (χ4n) is 3.47. The van der Waals surface area contributed by atoms with Crippen LogP contribution in [-0.4, -0.2) is 48.6 Å². The Morgan fingerprint density at radius 3 is 2.84 bits per heavy atom. The maximum atomic E-state index is 13.6. The third-order valence-corrected chi connectivity index (χ3v) is 4.54. The smallest absolute Gasteiger partial charge is 0.126 e. The van der Waals surface area contributed by atoms with Crippen molar-refractivity contribution in [2.24, 2.45) is 0 Å². The van der Waals surface area contributed by atoms with Crippen LogP contribution in [0.5, 0.6) is 0 Å². The van der Waals surface area contributed by atoms with Gasteiger partial charge in [0.25, 0.3) is 0 Å². The summed E-state index contributed by atoms with van der Waals surface area (Å²) in [6.07, 6.45) is 4.79. The summed E-state index contributed by atoms with van der Waals surface area (Å²) in [4.78, 5) is 5.17. The van der Waals surface area contributed by atoms with Crippen molar-refractivity contribution in [3.8, 4) is 0 Å². The molecule has 104 valence electrons. The van der Waals surface area contributed by atoms with Gasteiger partial charge in [0.2, 0.25) is 0 Å². The van der Waals surface area contributed by atoms with E-state index < -0.39 is 0 Å². The zero-order chi connectivity index (χ0) is 13.1. The fourth-order valence-corrected chi connectivity index (χ4v) is 3.47. The molecule has 2 fully saturated rings. The molecule has 0 amide bonds. The Kier molecular flexibility index (Phi) is 4.14. The molecule has 2 aliphatic heterocycles. The molecule has 0 bridgehead atoms. The molecule has 19 heavy (non-hydrogen) atoms. The Morgan fingerprint density at radius 1 is 1.11 bits per heavy atom. The van der Waals surface area contributed by atoms with Gasteiger partial charge in [-0.1, -0.05) is 18.2 Å². The molecule has 3 rings (SSSR count). The Labute approximate surface area is 115 Å². The summed E-state index contributed by atoms with van der Waals surface area (Å²) in [6.45, 7) is 5.87. The van der Waals surface area contributed by atoms with Gasteiger partial charge in [0.05, 0.1) is 0 Å². The summed E-state index contributed by atoms with van der Waals surface area (Å²) in [5.74, 6) is -0.0557. The molecule has 1 atom stereocenters. The second-order valence-electron chi connectivity index (χ2n) is 5.83. The standard InChI is InChI=1S/C16H23FN2/c17-16-7-2-1-5-14(16)8-12-18-9-4-11-19-10-3-6-15(19)13-18/h1-2,5,7,15H,3-4,6,8-13H2. The number of halogens is 1. The minimum atomic E-state index is -0.0557. The number of hydrogen-bond acceptors (Lipinski definition) is 2. The second-order valence-corrected chi connectivity index (χ2v) is 5.83. The van der Waals surface area contributed by atoms with Crippen molar-refractivity contribution in [3.05, 3.63) is 35.6 Å². The Hall–Kier alpha value is -0.930. The van der Waals surface area contributed by atoms with Crippen LogP contribution in [-0.2, 0) is 6.42 Å². The molecule has 2 heterocycles. The molecule has 0 spiro atoms. The van der Waals surface area contributed by atoms with E-state index in [4.69, 9.17) is 0 Å². The molecule has 0 aliphatic carbocycles. The lowest BCUT2D eigenvalue weighted by atomic mass is 10.1. The van der Waals surface area contributed by atoms with Gasteiger partial charge in [0.1, 0.15) is 5.82 Å². The van der Waals surface area contributed by atoms with Crippen molar-refractivity contribution in [3.63, 3.8) is 0 Å². The predicted molar refractivity (Wildman–Crippen MR) is 75.8 cm³/mol. The summed E-state index contributed by atoms with van der Waals surface area (Å²) >= 11 is 0. The van der Waals surface area contributed by atoms with Crippen LogP contribution in [0, 0.1) is 5.82 Å². The zero-order valence-electron chi connectivity index (χ0n) is 11.5. The van der Waals surface area contributed by atoms with E-state index in [-0.39, 0.29) is 5.82 Å². The summed E-state index contributed by atoms with van der Waals surface area (Å²) in [5, 5.41) is 0. The van der Waals surface area contributed by atoms with Gasteiger partial charge in [-0.25, -0.2) is 4.39 Å². The van der Waals surface area contributed by atoms with Crippen LogP contribution in [0.15, 0.2) is 24.3 Å². The molecule has 1 aromatic rings. The highest BCUT2D eigenvalue weighted by Gasteiger charge is 2.28. The first-order chi connectivity index (χ1) is 9.33. The van der Waals surface area contributed by atoms with E-state index in [0.29, 0.717) is 0 Å². The topological polar surface area (TPSA) is 6.48 Å². The minimum Gasteiger partial charge on any atom is -0.301 e. The van der Waals surface area contributed by atoms with Crippen molar-refractivity contribution in [2.45, 2.75) is 31.7 Å². The van der Waals surface area contributed by atoms with Crippen LogP contribution in [0.3, 0.4) is 0 Å². The van der Waals surface area contributed by atoms with Crippen LogP contribution >= 0.6 is 0 Å². The molecule has 1 aromatic carbocycles. The third kappa shape index (κ3) is 3.15. The first-order valence-corrected chi connectivity index (χ1v) is 7.53. The van der Waals surface area contributed by atoms with Crippen molar-refractivity contribution in [2.75, 3.05) is 32.7 Å². The zero-order valence-corrected chi connectivity index (χ0v) is 11.5. The Balaban J connectivity index is 1.56. The maximum Gasteiger partial charge on any atom is 0.126 e. The summed E-state index contributed by atoms with van der Waals surface area (Å²) < 4.78 is 13.6. The van der Waals surface area contributed by atoms with E-state index in [0.717, 1.165) is 24.6 Å². The summed E-state index contributed by atoms with van der Waals surface area (Å²) in [6, 6.07) is 7.93. The lowest BCUT2D eigenvalue weighted by molar-refractivity contribution is 0.221. The molecule has 0 radical (unpaired) electrons. The highest BCUT2D eigenvalue weighted by molar-refractivity contribution is 5.17. The van der Waals surface area contributed by atoms with Gasteiger partial charge < -0.3 is 4.90 Å². The molecule has 0 saturated carbocycles. The molecule has 2 nitrogen and oxygen atoms in total. The highest BCUT2D eigenvalue weighted by Crippen LogP contribution is 2.21. The van der Waals surface area contributed by atoms with E-state index in [1.807, 2.05) is 12.1 Å². The van der Waals surface area contributed by atoms with Gasteiger partial charge in [-0.3, -0.25) is 4.90 Å². The van der Waals surface area contributed by atoms with Crippen molar-refractivity contribution in [1.29, 1.82) is 0 Å². The quantitative estimate of drug-likeness (QED) is 0.826. The van der Waals surface area contributed by atoms with Crippen LogP contribution in [0.1, 0.15) is 24.8 Å². The van der Waals surface area contributed by atoms with Gasteiger partial charge in [-0.05, 0) is 56.9 Å². The monoisotopic (exact) mass is 262 g/mol. The van der Waals surface area contributed by atoms with Gasteiger partial charge in [-0.15, -0.1) is 0 Å². The number of rotatable bonds is 3. The van der Waals surface area contributed by atoms with Crippen LogP contribution in [0.4, 0.5) is 4.39 Å². The number of nitrogens with zero attached hydrogens (tertiary/aromatic N) is 2. The van der Waals surface area contributed by atoms with E-state index in [1.165, 1.54) is 45.4 Å². The normalized spacial score (nSPS) is 25.2. The molecule has 0 N–H and O–H groups in total. The van der Waals surface area contributed by atoms with E-state index in [9.17, 15) is 4.39 Å². The molecule has 1 unspecified atom stereocenters. The minimum absolute atomic E-state index is 0.0557. The van der Waals surface area contributed by atoms with Crippen LogP contribution in [0.25, 0.3) is 0 Å². The third-order valence-electron chi connectivity index (χ3n) is 4.54. The van der Waals surface area contributed by atoms with Crippen molar-refractivity contribution >= 4 is 0 Å². The van der Waals surface area contributed by atoms with Gasteiger partial charge >= 0.3 is 0 Å². The predicted octanol–water partition coefficient (Wildman–Crippen LogP) is 2.54. The van der Waals surface area contributed by atoms with E-state index in [1.54, 1.807) is 12.1 Å². The van der Waals surface area contributed by atoms with Gasteiger partial charge in [-0.2, -0.15) is 0 Å². The summed E-state index contributed by atoms with van der Waals surface area (Å²) in [7, 11) is 0. The second kappa shape index (κ2) is 6.02. The fraction of sp³-hybridized carbons (Fsp3) is 0.625. The largest absolute Gasteiger partial charge is 0.301 e. The van der Waals surface area contributed by atoms with Crippen molar-refractivity contribution < 1.29 is 4.39 Å². The Bertz CT molecular complexity index is 421. The molecule has 2 aliphatic rings. The van der Waals surface area contributed by atoms with E-state index >= 15 is 0 Å². The van der Waals surface area contributed by atoms with Gasteiger partial charge in [0.15, 0.2) is 0 Å². The number of fused-ring (bicyclic) bond motifs is 1. The van der Waals surface area contributed by atoms with Crippen molar-refractivity contribution in [1.82, 2.24) is 9.80 Å². The molecular formula is C16H23FN2. The average molecular weight is 262 g/mol. The summed E-state index contributed by atoms with van der Waals surface area (Å²) in [5.41, 5.74) is 0.857. The Morgan fingerprint density at radius 2 is 1.95 bits per heavy atom. The first-order valence-electron chi connectivity index (χ1n) is 7.53. The molecular weight excluding hydrogens is 239 g/mol. The van der Waals surface area contributed by atoms with Crippen LogP contribution < -0.4 is 0 Å². The van der Waals surface area contributed by atoms with Crippen LogP contribution in [0.2, 0.25) is 0 Å². The number of hydrogen-bond donors (Lipinski definition) is 0. The molecule has 0 aromatic heterocycles. The molecule has 3 heteroatoms. The first kappa shape index (κ1) is 13.1.